The molecule has 0 aliphatic heterocycles. The minimum Gasteiger partial charge on any atom is -0.344 e. The molecule has 4 rings (SSSR count). The summed E-state index contributed by atoms with van der Waals surface area (Å²) >= 11 is 6.10. The average molecular weight is 335 g/mol. The van der Waals surface area contributed by atoms with Gasteiger partial charge in [-0.1, -0.05) is 41.9 Å². The second-order valence-electron chi connectivity index (χ2n) is 5.74. The van der Waals surface area contributed by atoms with Crippen molar-refractivity contribution in [2.24, 2.45) is 7.05 Å². The number of benzene rings is 3. The summed E-state index contributed by atoms with van der Waals surface area (Å²) in [5.41, 5.74) is 3.52. The molecule has 0 saturated carbocycles. The molecule has 0 spiro atoms. The maximum absolute atomic E-state index is 12.4. The Kier molecular flexibility index (Phi) is 3.51. The van der Waals surface area contributed by atoms with Gasteiger partial charge in [-0.2, -0.15) is 0 Å². The fraction of sp³-hybridized carbons (Fsp3) is 0.0500. The second kappa shape index (κ2) is 5.69. The first-order valence-electron chi connectivity index (χ1n) is 7.68. The van der Waals surface area contributed by atoms with E-state index in [0.29, 0.717) is 10.6 Å². The molecule has 0 aliphatic carbocycles. The third-order valence-corrected chi connectivity index (χ3v) is 4.62. The van der Waals surface area contributed by atoms with Gasteiger partial charge in [-0.3, -0.25) is 4.79 Å². The van der Waals surface area contributed by atoms with E-state index in [1.165, 1.54) is 10.9 Å². The van der Waals surface area contributed by atoms with Crippen LogP contribution in [-0.2, 0) is 7.05 Å². The number of nitrogens with one attached hydrogen (secondary N) is 1. The van der Waals surface area contributed by atoms with E-state index in [4.69, 9.17) is 11.6 Å². The SMILES string of the molecule is Cn1c2ccccc2c2cc(NC(=O)c3ccccc3Cl)ccc21. The number of hydrogen-bond acceptors (Lipinski definition) is 1. The third kappa shape index (κ3) is 2.34. The highest BCUT2D eigenvalue weighted by molar-refractivity contribution is 6.34. The monoisotopic (exact) mass is 334 g/mol. The van der Waals surface area contributed by atoms with Crippen LogP contribution in [0.15, 0.2) is 66.7 Å². The third-order valence-electron chi connectivity index (χ3n) is 4.29. The van der Waals surface area contributed by atoms with Crippen LogP contribution in [0, 0.1) is 0 Å². The molecule has 0 radical (unpaired) electrons. The highest BCUT2D eigenvalue weighted by atomic mass is 35.5. The number of hydrogen-bond donors (Lipinski definition) is 1. The first kappa shape index (κ1) is 14.8. The lowest BCUT2D eigenvalue weighted by molar-refractivity contribution is 0.102. The number of aromatic nitrogens is 1. The van der Waals surface area contributed by atoms with Gasteiger partial charge in [0.2, 0.25) is 0 Å². The predicted molar refractivity (Wildman–Crippen MR) is 99.8 cm³/mol. The first-order chi connectivity index (χ1) is 11.6. The number of nitrogens with zero attached hydrogens (tertiary/aromatic N) is 1. The first-order valence-corrected chi connectivity index (χ1v) is 8.06. The highest BCUT2D eigenvalue weighted by Gasteiger charge is 2.12. The van der Waals surface area contributed by atoms with E-state index in [1.54, 1.807) is 24.3 Å². The summed E-state index contributed by atoms with van der Waals surface area (Å²) in [6.45, 7) is 0. The molecule has 118 valence electrons. The molecule has 4 aromatic rings. The van der Waals surface area contributed by atoms with E-state index in [9.17, 15) is 4.79 Å². The Morgan fingerprint density at radius 2 is 1.62 bits per heavy atom. The molecule has 3 nitrogen and oxygen atoms in total. The molecule has 4 heteroatoms. The number of aryl methyl sites for hydroxylation is 1. The number of fused-ring (bicyclic) bond motifs is 3. The minimum absolute atomic E-state index is 0.208. The number of anilines is 1. The quantitative estimate of drug-likeness (QED) is 0.534. The maximum atomic E-state index is 12.4. The molecule has 0 aliphatic rings. The molecule has 24 heavy (non-hydrogen) atoms. The van der Waals surface area contributed by atoms with E-state index in [1.807, 2.05) is 37.4 Å². The molecule has 1 aromatic heterocycles. The molecular weight excluding hydrogens is 320 g/mol. The Balaban J connectivity index is 1.77. The highest BCUT2D eigenvalue weighted by Crippen LogP contribution is 2.30. The molecule has 1 N–H and O–H groups in total. The van der Waals surface area contributed by atoms with Crippen molar-refractivity contribution in [2.45, 2.75) is 0 Å². The van der Waals surface area contributed by atoms with E-state index in [-0.39, 0.29) is 5.91 Å². The molecular formula is C20H15ClN2O. The fourth-order valence-electron chi connectivity index (χ4n) is 3.09. The zero-order valence-corrected chi connectivity index (χ0v) is 13.8. The predicted octanol–water partition coefficient (Wildman–Crippen LogP) is 5.24. The second-order valence-corrected chi connectivity index (χ2v) is 6.15. The minimum atomic E-state index is -0.208. The number of amides is 1. The van der Waals surface area contributed by atoms with Crippen LogP contribution in [0.1, 0.15) is 10.4 Å². The summed E-state index contributed by atoms with van der Waals surface area (Å²) < 4.78 is 2.16. The molecule has 3 aromatic carbocycles. The van der Waals surface area contributed by atoms with Gasteiger partial charge in [-0.25, -0.2) is 0 Å². The van der Waals surface area contributed by atoms with E-state index in [0.717, 1.165) is 16.6 Å². The smallest absolute Gasteiger partial charge is 0.257 e. The summed E-state index contributed by atoms with van der Waals surface area (Å²) in [5, 5.41) is 5.66. The summed E-state index contributed by atoms with van der Waals surface area (Å²) in [4.78, 5) is 12.4. The van der Waals surface area contributed by atoms with Gasteiger partial charge < -0.3 is 9.88 Å². The van der Waals surface area contributed by atoms with Crippen LogP contribution in [0.3, 0.4) is 0 Å². The van der Waals surface area contributed by atoms with E-state index in [2.05, 4.69) is 22.0 Å². The van der Waals surface area contributed by atoms with E-state index >= 15 is 0 Å². The van der Waals surface area contributed by atoms with Gasteiger partial charge in [0.15, 0.2) is 0 Å². The Morgan fingerprint density at radius 1 is 0.917 bits per heavy atom. The zero-order chi connectivity index (χ0) is 16.7. The van der Waals surface area contributed by atoms with Crippen LogP contribution in [0.4, 0.5) is 5.69 Å². The van der Waals surface area contributed by atoms with Crippen molar-refractivity contribution in [3.63, 3.8) is 0 Å². The maximum Gasteiger partial charge on any atom is 0.257 e. The molecule has 1 heterocycles. The number of halogens is 1. The lowest BCUT2D eigenvalue weighted by atomic mass is 10.1. The van der Waals surface area contributed by atoms with Gasteiger partial charge >= 0.3 is 0 Å². The van der Waals surface area contributed by atoms with Crippen molar-refractivity contribution in [1.82, 2.24) is 4.57 Å². The zero-order valence-electron chi connectivity index (χ0n) is 13.1. The summed E-state index contributed by atoms with van der Waals surface area (Å²) in [6, 6.07) is 21.2. The van der Waals surface area contributed by atoms with Crippen molar-refractivity contribution in [2.75, 3.05) is 5.32 Å². The van der Waals surface area contributed by atoms with Gasteiger partial charge in [-0.15, -0.1) is 0 Å². The van der Waals surface area contributed by atoms with Crippen molar-refractivity contribution in [3.05, 3.63) is 77.3 Å². The number of carbonyl (C=O) groups is 1. The lowest BCUT2D eigenvalue weighted by Crippen LogP contribution is -2.12. The van der Waals surface area contributed by atoms with Crippen LogP contribution < -0.4 is 5.32 Å². The van der Waals surface area contributed by atoms with Gasteiger partial charge in [0.1, 0.15) is 0 Å². The molecule has 0 fully saturated rings. The van der Waals surface area contributed by atoms with Gasteiger partial charge in [-0.05, 0) is 36.4 Å². The van der Waals surface area contributed by atoms with E-state index < -0.39 is 0 Å². The molecule has 0 unspecified atom stereocenters. The summed E-state index contributed by atoms with van der Waals surface area (Å²) in [7, 11) is 2.05. The fourth-order valence-corrected chi connectivity index (χ4v) is 3.31. The standard InChI is InChI=1S/C20H15ClN2O/c1-23-18-9-5-3-6-14(18)16-12-13(10-11-19(16)23)22-20(24)15-7-2-4-8-17(15)21/h2-12H,1H3,(H,22,24). The van der Waals surface area contributed by atoms with Gasteiger partial charge in [0.05, 0.1) is 10.6 Å². The van der Waals surface area contributed by atoms with Gasteiger partial charge in [0.25, 0.3) is 5.91 Å². The molecule has 0 atom stereocenters. The molecule has 0 bridgehead atoms. The summed E-state index contributed by atoms with van der Waals surface area (Å²) in [6.07, 6.45) is 0. The largest absolute Gasteiger partial charge is 0.344 e. The van der Waals surface area contributed by atoms with Crippen LogP contribution >= 0.6 is 11.6 Å². The van der Waals surface area contributed by atoms with Crippen molar-refractivity contribution < 1.29 is 4.79 Å². The Morgan fingerprint density at radius 3 is 2.46 bits per heavy atom. The van der Waals surface area contributed by atoms with Gasteiger partial charge in [0, 0.05) is 34.5 Å². The Labute approximate surface area is 144 Å². The number of carbonyl (C=O) groups excluding carboxylic acids is 1. The normalized spacial score (nSPS) is 11.1. The number of rotatable bonds is 2. The Hall–Kier alpha value is -2.78. The van der Waals surface area contributed by atoms with Crippen LogP contribution in [-0.4, -0.2) is 10.5 Å². The topological polar surface area (TPSA) is 34.0 Å². The van der Waals surface area contributed by atoms with Crippen LogP contribution in [0.25, 0.3) is 21.8 Å². The van der Waals surface area contributed by atoms with Crippen molar-refractivity contribution in [3.8, 4) is 0 Å². The van der Waals surface area contributed by atoms with Crippen LogP contribution in [0.5, 0.6) is 0 Å². The Bertz CT molecular complexity index is 1080. The summed E-state index contributed by atoms with van der Waals surface area (Å²) in [5.74, 6) is -0.208. The molecule has 0 saturated heterocycles. The average Bonchev–Trinajstić information content (AvgIpc) is 2.88. The lowest BCUT2D eigenvalue weighted by Gasteiger charge is -2.07. The van der Waals surface area contributed by atoms with Crippen molar-refractivity contribution in [1.29, 1.82) is 0 Å². The molecule has 1 amide bonds. The van der Waals surface area contributed by atoms with Crippen molar-refractivity contribution >= 4 is 45.0 Å². The van der Waals surface area contributed by atoms with Crippen LogP contribution in [0.2, 0.25) is 5.02 Å². The number of para-hydroxylation sites is 1.